The fraction of sp³-hybridized carbons (Fsp3) is 0.286. The third-order valence-corrected chi connectivity index (χ3v) is 3.86. The maximum Gasteiger partial charge on any atom is 0.161 e. The van der Waals surface area contributed by atoms with Gasteiger partial charge in [0, 0.05) is 11.0 Å². The van der Waals surface area contributed by atoms with Crippen LogP contribution in [0.25, 0.3) is 11.4 Å². The third kappa shape index (κ3) is 3.12. The van der Waals surface area contributed by atoms with E-state index in [1.165, 1.54) is 12.1 Å². The van der Waals surface area contributed by atoms with Crippen LogP contribution in [0.15, 0.2) is 28.7 Å². The molecule has 0 N–H and O–H groups in total. The first-order chi connectivity index (χ1) is 8.79. The van der Waals surface area contributed by atoms with Crippen molar-refractivity contribution in [1.29, 1.82) is 0 Å². The van der Waals surface area contributed by atoms with Gasteiger partial charge in [-0.25, -0.2) is 14.4 Å². The highest BCUT2D eigenvalue weighted by molar-refractivity contribution is 9.10. The molecule has 0 saturated heterocycles. The predicted molar refractivity (Wildman–Crippen MR) is 78.8 cm³/mol. The Morgan fingerprint density at radius 3 is 2.47 bits per heavy atom. The molecule has 2 aromatic rings. The molecule has 0 radical (unpaired) electrons. The van der Waals surface area contributed by atoms with Crippen molar-refractivity contribution in [3.8, 4) is 11.4 Å². The number of rotatable bonds is 1. The molecule has 0 unspecified atom stereocenters. The quantitative estimate of drug-likeness (QED) is 0.681. The first kappa shape index (κ1) is 14.4. The second-order valence-corrected chi connectivity index (χ2v) is 6.41. The van der Waals surface area contributed by atoms with Crippen LogP contribution in [0.2, 0.25) is 5.15 Å². The van der Waals surface area contributed by atoms with E-state index in [2.05, 4.69) is 25.9 Å². The maximum absolute atomic E-state index is 13.3. The molecule has 0 bridgehead atoms. The van der Waals surface area contributed by atoms with Gasteiger partial charge in [0.25, 0.3) is 0 Å². The number of nitrogens with zero attached hydrogens (tertiary/aromatic N) is 2. The molecule has 1 heterocycles. The molecule has 0 fully saturated rings. The van der Waals surface area contributed by atoms with Gasteiger partial charge in [-0.1, -0.05) is 44.5 Å². The van der Waals surface area contributed by atoms with E-state index in [0.29, 0.717) is 21.0 Å². The van der Waals surface area contributed by atoms with E-state index in [9.17, 15) is 4.39 Å². The van der Waals surface area contributed by atoms with E-state index in [4.69, 9.17) is 11.6 Å². The van der Waals surface area contributed by atoms with Crippen molar-refractivity contribution in [3.63, 3.8) is 0 Å². The van der Waals surface area contributed by atoms with Gasteiger partial charge in [0.05, 0.1) is 10.2 Å². The molecule has 0 aliphatic heterocycles. The van der Waals surface area contributed by atoms with Gasteiger partial charge in [-0.05, 0) is 28.1 Å². The predicted octanol–water partition coefficient (Wildman–Crippen LogP) is 5.00. The summed E-state index contributed by atoms with van der Waals surface area (Å²) >= 11 is 9.53. The summed E-state index contributed by atoms with van der Waals surface area (Å²) in [7, 11) is 0. The maximum atomic E-state index is 13.3. The molecule has 0 amide bonds. The molecule has 100 valence electrons. The Bertz CT molecular complexity index is 623. The minimum absolute atomic E-state index is 0.187. The minimum Gasteiger partial charge on any atom is -0.231 e. The lowest BCUT2D eigenvalue weighted by molar-refractivity contribution is 0.564. The molecule has 0 spiro atoms. The SMILES string of the molecule is CC(C)(C)c1nc(-c2cccc(F)c2)nc(Cl)c1Br. The summed E-state index contributed by atoms with van der Waals surface area (Å²) < 4.78 is 14.0. The van der Waals surface area contributed by atoms with Crippen LogP contribution < -0.4 is 0 Å². The monoisotopic (exact) mass is 342 g/mol. The van der Waals surface area contributed by atoms with Gasteiger partial charge in [-0.2, -0.15) is 0 Å². The van der Waals surface area contributed by atoms with Gasteiger partial charge in [0.2, 0.25) is 0 Å². The Hall–Kier alpha value is -1.00. The Morgan fingerprint density at radius 2 is 1.89 bits per heavy atom. The standard InChI is InChI=1S/C14H13BrClFN2/c1-14(2,3)11-10(15)12(16)19-13(18-11)8-5-4-6-9(17)7-8/h4-7H,1-3H3. The topological polar surface area (TPSA) is 25.8 Å². The summed E-state index contributed by atoms with van der Waals surface area (Å²) in [6, 6.07) is 6.16. The molecule has 5 heteroatoms. The van der Waals surface area contributed by atoms with E-state index in [-0.39, 0.29) is 11.2 Å². The molecule has 1 aromatic heterocycles. The summed E-state index contributed by atoms with van der Waals surface area (Å²) in [4.78, 5) is 8.71. The lowest BCUT2D eigenvalue weighted by Crippen LogP contribution is -2.16. The summed E-state index contributed by atoms with van der Waals surface area (Å²) in [6.45, 7) is 6.10. The largest absolute Gasteiger partial charge is 0.231 e. The smallest absolute Gasteiger partial charge is 0.161 e. The van der Waals surface area contributed by atoms with E-state index in [0.717, 1.165) is 5.69 Å². The fourth-order valence-electron chi connectivity index (χ4n) is 1.67. The minimum atomic E-state index is -0.322. The summed E-state index contributed by atoms with van der Waals surface area (Å²) in [6.07, 6.45) is 0. The highest BCUT2D eigenvalue weighted by Crippen LogP contribution is 2.34. The van der Waals surface area contributed by atoms with Crippen LogP contribution in [-0.2, 0) is 5.41 Å². The van der Waals surface area contributed by atoms with Crippen molar-refractivity contribution in [2.24, 2.45) is 0 Å². The Kier molecular flexibility index (Phi) is 3.92. The van der Waals surface area contributed by atoms with Crippen LogP contribution in [0.3, 0.4) is 0 Å². The zero-order valence-electron chi connectivity index (χ0n) is 10.8. The van der Waals surface area contributed by atoms with Crippen molar-refractivity contribution < 1.29 is 4.39 Å². The lowest BCUT2D eigenvalue weighted by atomic mass is 9.92. The fourth-order valence-corrected chi connectivity index (χ4v) is 2.61. The summed E-state index contributed by atoms with van der Waals surface area (Å²) in [5.74, 6) is 0.107. The van der Waals surface area contributed by atoms with Gasteiger partial charge in [0.1, 0.15) is 11.0 Å². The van der Waals surface area contributed by atoms with Gasteiger partial charge in [-0.15, -0.1) is 0 Å². The number of hydrogen-bond acceptors (Lipinski definition) is 2. The molecule has 0 aliphatic rings. The van der Waals surface area contributed by atoms with E-state index >= 15 is 0 Å². The van der Waals surface area contributed by atoms with Crippen LogP contribution in [0.4, 0.5) is 4.39 Å². The van der Waals surface area contributed by atoms with E-state index < -0.39 is 0 Å². The number of benzene rings is 1. The number of halogens is 3. The third-order valence-electron chi connectivity index (χ3n) is 2.60. The Morgan fingerprint density at radius 1 is 1.21 bits per heavy atom. The normalized spacial score (nSPS) is 11.7. The molecule has 19 heavy (non-hydrogen) atoms. The highest BCUT2D eigenvalue weighted by atomic mass is 79.9. The van der Waals surface area contributed by atoms with Crippen molar-refractivity contribution in [2.75, 3.05) is 0 Å². The van der Waals surface area contributed by atoms with Gasteiger partial charge < -0.3 is 0 Å². The van der Waals surface area contributed by atoms with Crippen molar-refractivity contribution >= 4 is 27.5 Å². The second-order valence-electron chi connectivity index (χ2n) is 5.26. The zero-order chi connectivity index (χ0) is 14.2. The van der Waals surface area contributed by atoms with Crippen molar-refractivity contribution in [3.05, 3.63) is 45.4 Å². The molecule has 0 aliphatic carbocycles. The van der Waals surface area contributed by atoms with E-state index in [1.54, 1.807) is 12.1 Å². The number of hydrogen-bond donors (Lipinski definition) is 0. The molecule has 0 saturated carbocycles. The van der Waals surface area contributed by atoms with E-state index in [1.807, 2.05) is 20.8 Å². The first-order valence-electron chi connectivity index (χ1n) is 5.78. The van der Waals surface area contributed by atoms with Gasteiger partial charge in [0.15, 0.2) is 5.82 Å². The van der Waals surface area contributed by atoms with Crippen molar-refractivity contribution in [2.45, 2.75) is 26.2 Å². The molecule has 2 rings (SSSR count). The average Bonchev–Trinajstić information content (AvgIpc) is 2.31. The Balaban J connectivity index is 2.63. The van der Waals surface area contributed by atoms with Crippen molar-refractivity contribution in [1.82, 2.24) is 9.97 Å². The zero-order valence-corrected chi connectivity index (χ0v) is 13.2. The van der Waals surface area contributed by atoms with Gasteiger partial charge >= 0.3 is 0 Å². The molecular weight excluding hydrogens is 331 g/mol. The lowest BCUT2D eigenvalue weighted by Gasteiger charge is -2.20. The molecule has 1 aromatic carbocycles. The second kappa shape index (κ2) is 5.17. The highest BCUT2D eigenvalue weighted by Gasteiger charge is 2.23. The van der Waals surface area contributed by atoms with Crippen LogP contribution >= 0.6 is 27.5 Å². The van der Waals surface area contributed by atoms with Crippen LogP contribution in [-0.4, -0.2) is 9.97 Å². The summed E-state index contributed by atoms with van der Waals surface area (Å²) in [5.41, 5.74) is 1.22. The van der Waals surface area contributed by atoms with Crippen LogP contribution in [0.1, 0.15) is 26.5 Å². The van der Waals surface area contributed by atoms with Crippen LogP contribution in [0, 0.1) is 5.82 Å². The van der Waals surface area contributed by atoms with Gasteiger partial charge in [-0.3, -0.25) is 0 Å². The van der Waals surface area contributed by atoms with Crippen LogP contribution in [0.5, 0.6) is 0 Å². The Labute approximate surface area is 125 Å². The average molecular weight is 344 g/mol. The number of aromatic nitrogens is 2. The summed E-state index contributed by atoms with van der Waals surface area (Å²) in [5, 5.41) is 0.333. The molecule has 0 atom stereocenters. The molecule has 2 nitrogen and oxygen atoms in total. The first-order valence-corrected chi connectivity index (χ1v) is 6.95. The molecular formula is C14H13BrClFN2.